The van der Waals surface area contributed by atoms with Crippen LogP contribution in [0.1, 0.15) is 23.6 Å². The van der Waals surface area contributed by atoms with Gasteiger partial charge >= 0.3 is 0 Å². The van der Waals surface area contributed by atoms with E-state index in [0.717, 1.165) is 98.8 Å². The van der Waals surface area contributed by atoms with E-state index in [1.165, 1.54) is 16.2 Å². The summed E-state index contributed by atoms with van der Waals surface area (Å²) in [5, 5.41) is 51.7. The van der Waals surface area contributed by atoms with Gasteiger partial charge in [-0.1, -0.05) is 182 Å². The minimum Gasteiger partial charge on any atom is -0.507 e. The molecule has 18 rings (SSSR count). The van der Waals surface area contributed by atoms with Crippen molar-refractivity contribution in [3.8, 4) is 51.6 Å². The monoisotopic (exact) mass is 1290 g/mol. The molecular weight excluding hydrogens is 1230 g/mol. The molecule has 0 amide bonds. The van der Waals surface area contributed by atoms with Crippen molar-refractivity contribution in [3.05, 3.63) is 308 Å². The number of aromatic hydroxyl groups is 3. The average Bonchev–Trinajstić information content (AvgIpc) is 1.69. The third-order valence-electron chi connectivity index (χ3n) is 17.0. The maximum absolute atomic E-state index is 10.6. The van der Waals surface area contributed by atoms with E-state index in [2.05, 4.69) is 103 Å². The van der Waals surface area contributed by atoms with Gasteiger partial charge in [-0.15, -0.1) is 0 Å². The summed E-state index contributed by atoms with van der Waals surface area (Å²) in [5.74, 6) is 2.44. The van der Waals surface area contributed by atoms with Crippen molar-refractivity contribution in [2.75, 3.05) is 6.61 Å². The van der Waals surface area contributed by atoms with Crippen molar-refractivity contribution in [2.45, 2.75) is 6.92 Å². The Morgan fingerprint density at radius 3 is 0.838 bits per heavy atom. The van der Waals surface area contributed by atoms with E-state index in [1.807, 2.05) is 218 Å². The van der Waals surface area contributed by atoms with Crippen molar-refractivity contribution >= 4 is 134 Å². The van der Waals surface area contributed by atoms with Gasteiger partial charge in [0.05, 0.1) is 17.1 Å². The number of phenolic OH excluding ortho intramolecular Hbond substituents is 3. The Kier molecular flexibility index (Phi) is 17.2. The lowest BCUT2D eigenvalue weighted by Crippen LogP contribution is -1.84. The van der Waals surface area contributed by atoms with Gasteiger partial charge in [-0.25, -0.2) is 15.0 Å². The number of aliphatic hydroxyl groups is 1. The Balaban J connectivity index is 0.000000118. The fourth-order valence-electron chi connectivity index (χ4n) is 11.9. The predicted molar refractivity (Wildman–Crippen MR) is 402 cm³/mol. The SMILES string of the molecule is CCO.Oc1c(C=Nc2ccc3oc(-c4ccc5ccccc5c4)nc3c2)ccc2ccccc12.Oc1c(C=Nc2ccc3oc(-c4ccc5ccccc5c4)nc3c2)ccc2ccccc12.Oc1c(C=Nc2ccc3oc(-c4ccc5ccccc5c4)nc3c2)ccc2ccccc12. The molecule has 13 nitrogen and oxygen atoms in total. The highest BCUT2D eigenvalue weighted by atomic mass is 16.4. The molecule has 0 aliphatic rings. The van der Waals surface area contributed by atoms with Gasteiger partial charge in [-0.3, -0.25) is 15.0 Å². The summed E-state index contributed by atoms with van der Waals surface area (Å²) >= 11 is 0. The van der Waals surface area contributed by atoms with Crippen LogP contribution in [0, 0.1) is 0 Å². The lowest BCUT2D eigenvalue weighted by Gasteiger charge is -2.04. The van der Waals surface area contributed by atoms with Crippen LogP contribution in [-0.2, 0) is 0 Å². The van der Waals surface area contributed by atoms with E-state index in [1.54, 1.807) is 25.6 Å². The van der Waals surface area contributed by atoms with Crippen LogP contribution in [0.4, 0.5) is 17.1 Å². The smallest absolute Gasteiger partial charge is 0.227 e. The third-order valence-corrected chi connectivity index (χ3v) is 17.0. The standard InChI is InChI=1S/3C28H18N2O2.C2H6O/c3*31-27-22(12-10-19-6-3-4-8-24(19)27)17-29-23-13-14-26-25(16-23)30-28(32-26)21-11-9-18-5-1-2-7-20(18)15-21;1-2-3/h3*1-17,31H;3H,2H2,1H3. The molecule has 4 N–H and O–H groups in total. The van der Waals surface area contributed by atoms with Crippen LogP contribution in [0.15, 0.2) is 319 Å². The highest BCUT2D eigenvalue weighted by Gasteiger charge is 2.15. The van der Waals surface area contributed by atoms with E-state index < -0.39 is 0 Å². The van der Waals surface area contributed by atoms with Gasteiger partial charge in [-0.05, 0) is 165 Å². The Morgan fingerprint density at radius 1 is 0.293 bits per heavy atom. The van der Waals surface area contributed by atoms with Gasteiger partial charge in [0.15, 0.2) is 16.7 Å². The largest absolute Gasteiger partial charge is 0.507 e. The molecule has 0 aliphatic carbocycles. The van der Waals surface area contributed by atoms with Crippen LogP contribution in [0.2, 0.25) is 0 Å². The lowest BCUT2D eigenvalue weighted by atomic mass is 10.1. The summed E-state index contributed by atoms with van der Waals surface area (Å²) in [7, 11) is 0. The topological polar surface area (TPSA) is 196 Å². The molecule has 18 aromatic rings. The lowest BCUT2D eigenvalue weighted by molar-refractivity contribution is 0.318. The van der Waals surface area contributed by atoms with Crippen LogP contribution in [0.3, 0.4) is 0 Å². The fourth-order valence-corrected chi connectivity index (χ4v) is 11.9. The second kappa shape index (κ2) is 27.5. The van der Waals surface area contributed by atoms with Gasteiger partial charge < -0.3 is 33.7 Å². The fraction of sp³-hybridized carbons (Fsp3) is 0.0233. The molecule has 0 spiro atoms. The van der Waals surface area contributed by atoms with Crippen molar-refractivity contribution in [1.82, 2.24) is 15.0 Å². The molecule has 99 heavy (non-hydrogen) atoms. The van der Waals surface area contributed by atoms with Crippen molar-refractivity contribution < 1.29 is 33.7 Å². The number of fused-ring (bicyclic) bond motifs is 9. The number of hydrogen-bond donors (Lipinski definition) is 4. The van der Waals surface area contributed by atoms with Crippen LogP contribution >= 0.6 is 0 Å². The van der Waals surface area contributed by atoms with E-state index in [9.17, 15) is 15.3 Å². The van der Waals surface area contributed by atoms with E-state index in [-0.39, 0.29) is 23.9 Å². The first kappa shape index (κ1) is 61.8. The number of phenols is 3. The van der Waals surface area contributed by atoms with E-state index in [0.29, 0.717) is 51.1 Å². The quantitative estimate of drug-likeness (QED) is 0.101. The highest BCUT2D eigenvalue weighted by Crippen LogP contribution is 2.36. The normalized spacial score (nSPS) is 11.6. The Bertz CT molecular complexity index is 5550. The number of oxazole rings is 3. The van der Waals surface area contributed by atoms with Gasteiger partial charge in [0.1, 0.15) is 33.8 Å². The summed E-state index contributed by atoms with van der Waals surface area (Å²) in [6.07, 6.45) is 5.02. The van der Waals surface area contributed by atoms with Gasteiger partial charge in [0.2, 0.25) is 17.7 Å². The zero-order valence-electron chi connectivity index (χ0n) is 53.3. The zero-order valence-corrected chi connectivity index (χ0v) is 53.3. The zero-order chi connectivity index (χ0) is 67.2. The molecule has 0 bridgehead atoms. The Morgan fingerprint density at radius 2 is 0.545 bits per heavy atom. The first-order valence-electron chi connectivity index (χ1n) is 32.2. The summed E-state index contributed by atoms with van der Waals surface area (Å²) in [6.45, 7) is 1.93. The number of aliphatic imine (C=N–C) groups is 3. The molecule has 0 unspecified atom stereocenters. The summed E-state index contributed by atoms with van der Waals surface area (Å²) in [6, 6.07) is 94.9. The minimum absolute atomic E-state index is 0.230. The highest BCUT2D eigenvalue weighted by molar-refractivity contribution is 6.01. The molecule has 476 valence electrons. The molecule has 0 fully saturated rings. The molecule has 0 saturated carbocycles. The van der Waals surface area contributed by atoms with Crippen LogP contribution in [-0.4, -0.2) is 60.6 Å². The first-order chi connectivity index (χ1) is 48.6. The van der Waals surface area contributed by atoms with Gasteiger partial charge in [0.25, 0.3) is 0 Å². The second-order valence-corrected chi connectivity index (χ2v) is 23.5. The van der Waals surface area contributed by atoms with Crippen LogP contribution in [0.5, 0.6) is 17.2 Å². The summed E-state index contributed by atoms with van der Waals surface area (Å²) < 4.78 is 18.0. The number of rotatable bonds is 9. The molecule has 15 aromatic carbocycles. The first-order valence-corrected chi connectivity index (χ1v) is 32.2. The van der Waals surface area contributed by atoms with E-state index >= 15 is 0 Å². The maximum Gasteiger partial charge on any atom is 0.227 e. The van der Waals surface area contributed by atoms with Crippen LogP contribution in [0.25, 0.3) is 132 Å². The van der Waals surface area contributed by atoms with Gasteiger partial charge in [0, 0.05) is 74.8 Å². The molecular formula is C86H60N6O7. The average molecular weight is 1290 g/mol. The number of aromatic nitrogens is 3. The van der Waals surface area contributed by atoms with Gasteiger partial charge in [-0.2, -0.15) is 0 Å². The second-order valence-electron chi connectivity index (χ2n) is 23.5. The predicted octanol–water partition coefficient (Wildman–Crippen LogP) is 21.8. The molecule has 3 heterocycles. The number of benzene rings is 15. The number of nitrogens with zero attached hydrogens (tertiary/aromatic N) is 6. The minimum atomic E-state index is 0.230. The van der Waals surface area contributed by atoms with Crippen molar-refractivity contribution in [3.63, 3.8) is 0 Å². The number of aliphatic hydroxyl groups excluding tert-OH is 1. The molecule has 13 heteroatoms. The summed E-state index contributed by atoms with van der Waals surface area (Å²) in [4.78, 5) is 27.7. The molecule has 0 saturated heterocycles. The van der Waals surface area contributed by atoms with Crippen molar-refractivity contribution in [2.24, 2.45) is 15.0 Å². The van der Waals surface area contributed by atoms with Crippen LogP contribution < -0.4 is 0 Å². The van der Waals surface area contributed by atoms with Crippen molar-refractivity contribution in [1.29, 1.82) is 0 Å². The molecule has 3 aromatic heterocycles. The maximum atomic E-state index is 10.6. The third kappa shape index (κ3) is 13.3. The Labute approximate surface area is 567 Å². The Hall–Kier alpha value is -13.4. The molecule has 0 atom stereocenters. The molecule has 0 radical (unpaired) electrons. The molecule has 0 aliphatic heterocycles. The summed E-state index contributed by atoms with van der Waals surface area (Å²) in [5.41, 5.74) is 11.4. The van der Waals surface area contributed by atoms with E-state index in [4.69, 9.17) is 18.4 Å². The number of hydrogen-bond acceptors (Lipinski definition) is 13.